The van der Waals surface area contributed by atoms with E-state index in [4.69, 9.17) is 0 Å². The largest absolute Gasteiger partial charge is 0.288 e. The predicted molar refractivity (Wildman–Crippen MR) is 92.9 cm³/mol. The van der Waals surface area contributed by atoms with Crippen LogP contribution in [0, 0.1) is 0 Å². The van der Waals surface area contributed by atoms with Crippen molar-refractivity contribution in [3.05, 3.63) is 54.6 Å². The van der Waals surface area contributed by atoms with Gasteiger partial charge in [0.15, 0.2) is 0 Å². The monoisotopic (exact) mass is 414 g/mol. The predicted octanol–water partition coefficient (Wildman–Crippen LogP) is 6.19. The summed E-state index contributed by atoms with van der Waals surface area (Å²) in [6.45, 7) is 6.62. The molecule has 1 aromatic carbocycles. The van der Waals surface area contributed by atoms with Crippen molar-refractivity contribution in [3.8, 4) is 0 Å². The van der Waals surface area contributed by atoms with Gasteiger partial charge in [-0.1, -0.05) is 45.0 Å². The molecule has 0 aliphatic heterocycles. The minimum atomic E-state index is 0.0715. The number of carbonyl (C=O) groups is 1. The minimum absolute atomic E-state index is 0.0715. The number of halogens is 2. The first-order chi connectivity index (χ1) is 9.35. The van der Waals surface area contributed by atoms with Crippen LogP contribution in [0.2, 0.25) is 0 Å². The highest BCUT2D eigenvalue weighted by Gasteiger charge is 2.19. The van der Waals surface area contributed by atoms with Crippen LogP contribution >= 0.6 is 43.2 Å². The Morgan fingerprint density at radius 1 is 1.20 bits per heavy atom. The lowest BCUT2D eigenvalue weighted by molar-refractivity contribution is 0.104. The van der Waals surface area contributed by atoms with Crippen LogP contribution in [0.15, 0.2) is 38.6 Å². The number of hydrogen-bond acceptors (Lipinski definition) is 2. The molecule has 0 saturated carbocycles. The second-order valence-electron chi connectivity index (χ2n) is 5.38. The quantitative estimate of drug-likeness (QED) is 0.544. The van der Waals surface area contributed by atoms with Crippen LogP contribution in [0.5, 0.6) is 0 Å². The van der Waals surface area contributed by atoms with Crippen LogP contribution in [0.3, 0.4) is 0 Å². The van der Waals surface area contributed by atoms with Crippen molar-refractivity contribution in [3.63, 3.8) is 0 Å². The SMILES string of the molecule is CCC(C)(C)c1ccc(C(=O)c2cc(Br)c(Br)s2)cc1. The number of carbonyl (C=O) groups excluding carboxylic acids is 1. The average Bonchev–Trinajstić information content (AvgIpc) is 2.78. The zero-order valence-corrected chi connectivity index (χ0v) is 15.7. The van der Waals surface area contributed by atoms with E-state index in [0.717, 1.165) is 25.1 Å². The summed E-state index contributed by atoms with van der Waals surface area (Å²) in [5.74, 6) is 0.0715. The third kappa shape index (κ3) is 3.23. The maximum absolute atomic E-state index is 12.4. The van der Waals surface area contributed by atoms with E-state index < -0.39 is 0 Å². The van der Waals surface area contributed by atoms with Crippen molar-refractivity contribution in [2.75, 3.05) is 0 Å². The maximum Gasteiger partial charge on any atom is 0.203 e. The van der Waals surface area contributed by atoms with Gasteiger partial charge in [-0.15, -0.1) is 11.3 Å². The summed E-state index contributed by atoms with van der Waals surface area (Å²) in [6.07, 6.45) is 1.07. The van der Waals surface area contributed by atoms with Crippen molar-refractivity contribution < 1.29 is 4.79 Å². The van der Waals surface area contributed by atoms with Gasteiger partial charge >= 0.3 is 0 Å². The molecule has 4 heteroatoms. The summed E-state index contributed by atoms with van der Waals surface area (Å²) in [4.78, 5) is 13.2. The van der Waals surface area contributed by atoms with Gasteiger partial charge in [0.25, 0.3) is 0 Å². The zero-order chi connectivity index (χ0) is 14.9. The van der Waals surface area contributed by atoms with E-state index in [1.54, 1.807) is 0 Å². The van der Waals surface area contributed by atoms with Crippen LogP contribution in [-0.4, -0.2) is 5.78 Å². The minimum Gasteiger partial charge on any atom is -0.288 e. The summed E-state index contributed by atoms with van der Waals surface area (Å²) in [5.41, 5.74) is 2.16. The van der Waals surface area contributed by atoms with Crippen LogP contribution in [0.25, 0.3) is 0 Å². The fraction of sp³-hybridized carbons (Fsp3) is 0.312. The van der Waals surface area contributed by atoms with Crippen LogP contribution in [-0.2, 0) is 5.41 Å². The van der Waals surface area contributed by atoms with Gasteiger partial charge in [0.1, 0.15) is 0 Å². The lowest BCUT2D eigenvalue weighted by atomic mass is 9.82. The van der Waals surface area contributed by atoms with Crippen molar-refractivity contribution in [1.29, 1.82) is 0 Å². The number of benzene rings is 1. The van der Waals surface area contributed by atoms with E-state index in [-0.39, 0.29) is 11.2 Å². The average molecular weight is 416 g/mol. The van der Waals surface area contributed by atoms with Crippen LogP contribution in [0.1, 0.15) is 48.0 Å². The molecule has 0 N–H and O–H groups in total. The van der Waals surface area contributed by atoms with Crippen LogP contribution < -0.4 is 0 Å². The Kier molecular flexibility index (Phi) is 4.88. The highest BCUT2D eigenvalue weighted by atomic mass is 79.9. The van der Waals surface area contributed by atoms with Gasteiger partial charge in [-0.05, 0) is 55.3 Å². The summed E-state index contributed by atoms with van der Waals surface area (Å²) in [6, 6.07) is 9.84. The molecule has 106 valence electrons. The van der Waals surface area contributed by atoms with Crippen LogP contribution in [0.4, 0.5) is 0 Å². The van der Waals surface area contributed by atoms with Gasteiger partial charge in [-0.2, -0.15) is 0 Å². The fourth-order valence-corrected chi connectivity index (χ4v) is 3.88. The molecule has 0 atom stereocenters. The fourth-order valence-electron chi connectivity index (χ4n) is 1.88. The molecule has 1 aromatic heterocycles. The molecule has 0 aliphatic carbocycles. The molecular formula is C16H16Br2OS. The second-order valence-corrected chi connectivity index (χ2v) is 8.60. The highest BCUT2D eigenvalue weighted by Crippen LogP contribution is 2.34. The molecule has 0 spiro atoms. The molecule has 0 saturated heterocycles. The summed E-state index contributed by atoms with van der Waals surface area (Å²) in [7, 11) is 0. The van der Waals surface area contributed by atoms with E-state index >= 15 is 0 Å². The molecule has 0 fully saturated rings. The molecule has 20 heavy (non-hydrogen) atoms. The molecule has 2 rings (SSSR count). The topological polar surface area (TPSA) is 17.1 Å². The van der Waals surface area contributed by atoms with Gasteiger partial charge in [0.2, 0.25) is 5.78 Å². The molecule has 0 radical (unpaired) electrons. The molecule has 0 bridgehead atoms. The molecule has 0 unspecified atom stereocenters. The number of thiophene rings is 1. The first-order valence-electron chi connectivity index (χ1n) is 6.45. The number of ketones is 1. The van der Waals surface area contributed by atoms with Gasteiger partial charge in [0.05, 0.1) is 8.66 Å². The first kappa shape index (κ1) is 15.9. The Morgan fingerprint density at radius 2 is 1.80 bits per heavy atom. The number of hydrogen-bond donors (Lipinski definition) is 0. The Morgan fingerprint density at radius 3 is 2.25 bits per heavy atom. The van der Waals surface area contributed by atoms with Crippen molar-refractivity contribution in [2.45, 2.75) is 32.6 Å². The van der Waals surface area contributed by atoms with E-state index in [9.17, 15) is 4.79 Å². The standard InChI is InChI=1S/C16H16Br2OS/c1-4-16(2,3)11-7-5-10(6-8-11)14(19)13-9-12(17)15(18)20-13/h5-9H,4H2,1-3H3. The lowest BCUT2D eigenvalue weighted by Gasteiger charge is -2.23. The van der Waals surface area contributed by atoms with Gasteiger partial charge in [-0.25, -0.2) is 0 Å². The van der Waals surface area contributed by atoms with Crippen molar-refractivity contribution in [2.24, 2.45) is 0 Å². The Labute approximate surface area is 140 Å². The summed E-state index contributed by atoms with van der Waals surface area (Å²) in [5, 5.41) is 0. The molecule has 1 heterocycles. The summed E-state index contributed by atoms with van der Waals surface area (Å²) >= 11 is 8.29. The van der Waals surface area contributed by atoms with E-state index in [0.29, 0.717) is 0 Å². The summed E-state index contributed by atoms with van der Waals surface area (Å²) < 4.78 is 1.87. The third-order valence-electron chi connectivity index (χ3n) is 3.68. The first-order valence-corrected chi connectivity index (χ1v) is 8.85. The van der Waals surface area contributed by atoms with Crippen molar-refractivity contribution >= 4 is 49.0 Å². The molecular weight excluding hydrogens is 400 g/mol. The van der Waals surface area contributed by atoms with E-state index in [1.807, 2.05) is 18.2 Å². The highest BCUT2D eigenvalue weighted by molar-refractivity contribution is 9.13. The zero-order valence-electron chi connectivity index (χ0n) is 11.7. The molecule has 0 amide bonds. The normalized spacial score (nSPS) is 11.7. The molecule has 2 aromatic rings. The van der Waals surface area contributed by atoms with E-state index in [2.05, 4.69) is 64.8 Å². The molecule has 0 aliphatic rings. The third-order valence-corrected chi connectivity index (χ3v) is 6.94. The van der Waals surface area contributed by atoms with Gasteiger partial charge in [0, 0.05) is 10.0 Å². The Hall–Kier alpha value is -0.450. The second kappa shape index (κ2) is 6.12. The maximum atomic E-state index is 12.4. The lowest BCUT2D eigenvalue weighted by Crippen LogP contribution is -2.15. The smallest absolute Gasteiger partial charge is 0.203 e. The van der Waals surface area contributed by atoms with Gasteiger partial charge in [-0.3, -0.25) is 4.79 Å². The molecule has 1 nitrogen and oxygen atoms in total. The van der Waals surface area contributed by atoms with Gasteiger partial charge < -0.3 is 0 Å². The Bertz CT molecular complexity index is 607. The Balaban J connectivity index is 2.28. The van der Waals surface area contributed by atoms with Crippen molar-refractivity contribution in [1.82, 2.24) is 0 Å². The number of rotatable bonds is 4. The van der Waals surface area contributed by atoms with E-state index in [1.165, 1.54) is 16.9 Å².